The van der Waals surface area contributed by atoms with Crippen LogP contribution in [0.25, 0.3) is 0 Å². The zero-order valence-electron chi connectivity index (χ0n) is 19.6. The van der Waals surface area contributed by atoms with Crippen LogP contribution in [0.15, 0.2) is 52.7 Å². The van der Waals surface area contributed by atoms with E-state index in [-0.39, 0.29) is 0 Å². The van der Waals surface area contributed by atoms with E-state index in [1.807, 2.05) is 43.1 Å². The smallest absolute Gasteiger partial charge is 0.337 e. The molecule has 0 aromatic heterocycles. The van der Waals surface area contributed by atoms with Crippen LogP contribution in [-0.2, 0) is 16.1 Å². The van der Waals surface area contributed by atoms with Gasteiger partial charge in [0.25, 0.3) is 0 Å². The predicted molar refractivity (Wildman–Crippen MR) is 127 cm³/mol. The van der Waals surface area contributed by atoms with Gasteiger partial charge in [-0.15, -0.1) is 0 Å². The molecule has 33 heavy (non-hydrogen) atoms. The van der Waals surface area contributed by atoms with Crippen LogP contribution in [-0.4, -0.2) is 52.3 Å². The number of nitrogens with zero attached hydrogens (tertiary/aromatic N) is 2. The first-order valence-corrected chi connectivity index (χ1v) is 10.6. The van der Waals surface area contributed by atoms with Gasteiger partial charge in [0.2, 0.25) is 5.75 Å². The zero-order chi connectivity index (χ0) is 24.1. The normalized spacial score (nSPS) is 17.0. The summed E-state index contributed by atoms with van der Waals surface area (Å²) >= 11 is 6.06. The lowest BCUT2D eigenvalue weighted by Gasteiger charge is -2.36. The number of aliphatic imine (C=N–C) groups is 1. The molecule has 0 spiro atoms. The van der Waals surface area contributed by atoms with Gasteiger partial charge in [0.1, 0.15) is 0 Å². The van der Waals surface area contributed by atoms with E-state index in [1.54, 1.807) is 33.5 Å². The van der Waals surface area contributed by atoms with Gasteiger partial charge in [-0.1, -0.05) is 23.7 Å². The zero-order valence-corrected chi connectivity index (χ0v) is 20.3. The quantitative estimate of drug-likeness (QED) is 0.610. The molecule has 0 radical (unpaired) electrons. The molecule has 2 aromatic rings. The molecule has 3 rings (SSSR count). The molecule has 2 aromatic carbocycles. The summed E-state index contributed by atoms with van der Waals surface area (Å²) in [6, 6.07) is 10.6. The fourth-order valence-corrected chi connectivity index (χ4v) is 3.80. The molecule has 1 heterocycles. The van der Waals surface area contributed by atoms with Crippen molar-refractivity contribution in [1.82, 2.24) is 10.2 Å². The van der Waals surface area contributed by atoms with Gasteiger partial charge in [-0.2, -0.15) is 0 Å². The molecule has 176 valence electrons. The summed E-state index contributed by atoms with van der Waals surface area (Å²) in [5, 5.41) is 3.99. The molecule has 1 unspecified atom stereocenters. The number of nitrogens with one attached hydrogen (secondary N) is 1. The van der Waals surface area contributed by atoms with Crippen LogP contribution in [0.4, 0.5) is 0 Å². The number of hydrogen-bond acceptors (Lipinski definition) is 6. The van der Waals surface area contributed by atoms with E-state index < -0.39 is 12.0 Å². The summed E-state index contributed by atoms with van der Waals surface area (Å²) < 4.78 is 21.3. The van der Waals surface area contributed by atoms with Gasteiger partial charge in [-0.05, 0) is 42.3 Å². The van der Waals surface area contributed by atoms with E-state index in [2.05, 4.69) is 5.32 Å². The van der Waals surface area contributed by atoms with Crippen molar-refractivity contribution in [3.63, 3.8) is 0 Å². The number of methoxy groups -OCH3 is 4. The maximum atomic E-state index is 12.6. The fraction of sp³-hybridized carbons (Fsp3) is 0.333. The molecule has 9 heteroatoms. The average molecular weight is 474 g/mol. The number of carbonyl (C=O) groups excluding carboxylic acids is 1. The Bertz CT molecular complexity index is 1060. The van der Waals surface area contributed by atoms with Crippen molar-refractivity contribution < 1.29 is 23.7 Å². The number of carbonyl (C=O) groups is 1. The lowest BCUT2D eigenvalue weighted by Crippen LogP contribution is -2.47. The molecule has 0 bridgehead atoms. The third kappa shape index (κ3) is 5.01. The Morgan fingerprint density at radius 1 is 1.06 bits per heavy atom. The fourth-order valence-electron chi connectivity index (χ4n) is 3.67. The van der Waals surface area contributed by atoms with Crippen molar-refractivity contribution >= 4 is 23.5 Å². The first kappa shape index (κ1) is 24.3. The van der Waals surface area contributed by atoms with Crippen LogP contribution in [0.1, 0.15) is 24.1 Å². The van der Waals surface area contributed by atoms with E-state index in [0.29, 0.717) is 40.3 Å². The highest BCUT2D eigenvalue weighted by molar-refractivity contribution is 6.30. The van der Waals surface area contributed by atoms with Crippen LogP contribution >= 0.6 is 11.6 Å². The molecule has 1 atom stereocenters. The van der Waals surface area contributed by atoms with Crippen molar-refractivity contribution in [1.29, 1.82) is 0 Å². The molecule has 0 aliphatic carbocycles. The number of allylic oxidation sites excluding steroid dienone is 1. The lowest BCUT2D eigenvalue weighted by atomic mass is 9.95. The topological polar surface area (TPSA) is 81.6 Å². The number of guanidine groups is 1. The molecule has 0 saturated heterocycles. The Kier molecular flexibility index (Phi) is 7.71. The van der Waals surface area contributed by atoms with Gasteiger partial charge in [-0.3, -0.25) is 0 Å². The molecule has 1 N–H and O–H groups in total. The van der Waals surface area contributed by atoms with Crippen molar-refractivity contribution in [2.75, 3.05) is 35.5 Å². The molecular formula is C24H28ClN3O5. The maximum Gasteiger partial charge on any atom is 0.337 e. The summed E-state index contributed by atoms with van der Waals surface area (Å²) in [4.78, 5) is 19.2. The second-order valence-corrected chi connectivity index (χ2v) is 7.79. The Balaban J connectivity index is 1.99. The van der Waals surface area contributed by atoms with Gasteiger partial charge < -0.3 is 29.2 Å². The second kappa shape index (κ2) is 10.5. The average Bonchev–Trinajstić information content (AvgIpc) is 2.84. The number of rotatable bonds is 7. The number of halogens is 1. The number of hydrogen-bond donors (Lipinski definition) is 1. The van der Waals surface area contributed by atoms with Crippen LogP contribution in [0.2, 0.25) is 5.02 Å². The largest absolute Gasteiger partial charge is 0.493 e. The van der Waals surface area contributed by atoms with Crippen molar-refractivity contribution in [2.45, 2.75) is 19.5 Å². The van der Waals surface area contributed by atoms with Crippen molar-refractivity contribution in [3.8, 4) is 17.2 Å². The standard InChI is InChI=1S/C24H28ClN3O5/c1-14-20(23(29)33-6)21(16-7-9-17(25)10-8-16)27-24(28(14)2)26-13-15-11-18(30-3)22(32-5)19(12-15)31-4/h7-12,21H,13H2,1-6H3,(H,26,27). The minimum absolute atomic E-state index is 0.345. The van der Waals surface area contributed by atoms with Gasteiger partial charge in [0.05, 0.1) is 46.6 Å². The molecule has 0 fully saturated rings. The first-order valence-electron chi connectivity index (χ1n) is 10.2. The van der Waals surface area contributed by atoms with E-state index >= 15 is 0 Å². The van der Waals surface area contributed by atoms with E-state index in [0.717, 1.165) is 16.8 Å². The minimum atomic E-state index is -0.440. The molecule has 0 saturated carbocycles. The van der Waals surface area contributed by atoms with Crippen molar-refractivity contribution in [2.24, 2.45) is 4.99 Å². The van der Waals surface area contributed by atoms with Crippen LogP contribution < -0.4 is 19.5 Å². The number of benzene rings is 2. The van der Waals surface area contributed by atoms with Crippen LogP contribution in [0.5, 0.6) is 17.2 Å². The maximum absolute atomic E-state index is 12.6. The van der Waals surface area contributed by atoms with E-state index in [1.165, 1.54) is 7.11 Å². The Hall–Kier alpha value is -3.39. The summed E-state index contributed by atoms with van der Waals surface area (Å²) in [6.45, 7) is 2.21. The Morgan fingerprint density at radius 3 is 2.18 bits per heavy atom. The summed E-state index contributed by atoms with van der Waals surface area (Å²) in [5.41, 5.74) is 2.99. The molecule has 1 aliphatic heterocycles. The third-order valence-electron chi connectivity index (χ3n) is 5.52. The molecule has 0 amide bonds. The van der Waals surface area contributed by atoms with Crippen LogP contribution in [0, 0.1) is 0 Å². The number of ether oxygens (including phenoxy) is 4. The highest BCUT2D eigenvalue weighted by Crippen LogP contribution is 2.38. The SMILES string of the molecule is COC(=O)C1=C(C)N(C)C(=NCc2cc(OC)c(OC)c(OC)c2)NC1c1ccc(Cl)cc1. The highest BCUT2D eigenvalue weighted by atomic mass is 35.5. The monoisotopic (exact) mass is 473 g/mol. The third-order valence-corrected chi connectivity index (χ3v) is 5.77. The van der Waals surface area contributed by atoms with Crippen molar-refractivity contribution in [3.05, 3.63) is 63.8 Å². The van der Waals surface area contributed by atoms with Gasteiger partial charge in [-0.25, -0.2) is 9.79 Å². The van der Waals surface area contributed by atoms with Gasteiger partial charge >= 0.3 is 5.97 Å². The summed E-state index contributed by atoms with van der Waals surface area (Å²) in [7, 11) is 7.92. The highest BCUT2D eigenvalue weighted by Gasteiger charge is 2.33. The summed E-state index contributed by atoms with van der Waals surface area (Å²) in [6.07, 6.45) is 0. The minimum Gasteiger partial charge on any atom is -0.493 e. The number of esters is 1. The molecule has 8 nitrogen and oxygen atoms in total. The van der Waals surface area contributed by atoms with Crippen LogP contribution in [0.3, 0.4) is 0 Å². The van der Waals surface area contributed by atoms with Gasteiger partial charge in [0, 0.05) is 17.8 Å². The summed E-state index contributed by atoms with van der Waals surface area (Å²) in [5.74, 6) is 1.83. The second-order valence-electron chi connectivity index (χ2n) is 7.35. The first-order chi connectivity index (χ1) is 15.8. The lowest BCUT2D eigenvalue weighted by molar-refractivity contribution is -0.136. The van der Waals surface area contributed by atoms with E-state index in [4.69, 9.17) is 35.5 Å². The predicted octanol–water partition coefficient (Wildman–Crippen LogP) is 3.95. The molecular weight excluding hydrogens is 446 g/mol. The molecule has 1 aliphatic rings. The van der Waals surface area contributed by atoms with E-state index in [9.17, 15) is 4.79 Å². The Morgan fingerprint density at radius 2 is 1.67 bits per heavy atom. The Labute approximate surface area is 198 Å². The van der Waals surface area contributed by atoms with Gasteiger partial charge in [0.15, 0.2) is 17.5 Å².